The third kappa shape index (κ3) is 4.48. The van der Waals surface area contributed by atoms with Crippen molar-refractivity contribution in [2.75, 3.05) is 18.6 Å². The fourth-order valence-electron chi connectivity index (χ4n) is 3.25. The van der Waals surface area contributed by atoms with Crippen molar-refractivity contribution in [3.63, 3.8) is 0 Å². The Kier molecular flexibility index (Phi) is 5.64. The predicted molar refractivity (Wildman–Crippen MR) is 103 cm³/mol. The highest BCUT2D eigenvalue weighted by molar-refractivity contribution is 7.91. The van der Waals surface area contributed by atoms with E-state index in [1.807, 2.05) is 6.07 Å². The van der Waals surface area contributed by atoms with Gasteiger partial charge in [-0.25, -0.2) is 8.42 Å². The van der Waals surface area contributed by atoms with Crippen LogP contribution in [0, 0.1) is 10.1 Å². The number of non-ortho nitro benzene ring substituents is 1. The van der Waals surface area contributed by atoms with Gasteiger partial charge in [0.15, 0.2) is 9.84 Å². The lowest BCUT2D eigenvalue weighted by molar-refractivity contribution is -0.384. The van der Waals surface area contributed by atoms with Crippen LogP contribution in [0.25, 0.3) is 0 Å². The van der Waals surface area contributed by atoms with Gasteiger partial charge in [0.25, 0.3) is 11.6 Å². The molecule has 0 saturated carbocycles. The van der Waals surface area contributed by atoms with E-state index in [0.29, 0.717) is 12.2 Å². The second kappa shape index (κ2) is 7.97. The molecule has 1 aliphatic rings. The highest BCUT2D eigenvalue weighted by Gasteiger charge is 2.35. The molecule has 1 heterocycles. The van der Waals surface area contributed by atoms with Gasteiger partial charge in [-0.15, -0.1) is 0 Å². The van der Waals surface area contributed by atoms with Crippen molar-refractivity contribution in [3.8, 4) is 5.75 Å². The first-order chi connectivity index (χ1) is 13.3. The Morgan fingerprint density at radius 2 is 1.96 bits per heavy atom. The molecule has 8 nitrogen and oxygen atoms in total. The summed E-state index contributed by atoms with van der Waals surface area (Å²) in [5, 5.41) is 10.8. The first-order valence-electron chi connectivity index (χ1n) is 8.68. The number of ether oxygens (including phenoxy) is 1. The third-order valence-corrected chi connectivity index (χ3v) is 6.47. The number of carbonyl (C=O) groups excluding carboxylic acids is 1. The summed E-state index contributed by atoms with van der Waals surface area (Å²) >= 11 is 0. The summed E-state index contributed by atoms with van der Waals surface area (Å²) in [7, 11) is -1.64. The molecule has 1 amide bonds. The molecule has 0 spiro atoms. The number of benzene rings is 2. The third-order valence-electron chi connectivity index (χ3n) is 4.72. The average molecular weight is 404 g/mol. The monoisotopic (exact) mass is 404 g/mol. The van der Waals surface area contributed by atoms with Crippen molar-refractivity contribution in [1.29, 1.82) is 0 Å². The van der Waals surface area contributed by atoms with Gasteiger partial charge in [-0.05, 0) is 36.2 Å². The lowest BCUT2D eigenvalue weighted by atomic mass is 10.1. The molecule has 2 aromatic rings. The topological polar surface area (TPSA) is 107 Å². The van der Waals surface area contributed by atoms with Gasteiger partial charge in [0.05, 0.1) is 23.5 Å². The van der Waals surface area contributed by atoms with Crippen LogP contribution in [-0.2, 0) is 16.4 Å². The maximum atomic E-state index is 13.1. The highest BCUT2D eigenvalue weighted by atomic mass is 32.2. The smallest absolute Gasteiger partial charge is 0.269 e. The number of methoxy groups -OCH3 is 1. The quantitative estimate of drug-likeness (QED) is 0.541. The Balaban J connectivity index is 1.90. The molecule has 2 aromatic carbocycles. The summed E-state index contributed by atoms with van der Waals surface area (Å²) in [4.78, 5) is 24.9. The number of carbonyl (C=O) groups is 1. The van der Waals surface area contributed by atoms with Crippen molar-refractivity contribution < 1.29 is 22.9 Å². The molecule has 0 unspecified atom stereocenters. The van der Waals surface area contributed by atoms with Gasteiger partial charge >= 0.3 is 0 Å². The maximum absolute atomic E-state index is 13.1. The van der Waals surface area contributed by atoms with Crippen LogP contribution in [0.15, 0.2) is 48.5 Å². The highest BCUT2D eigenvalue weighted by Crippen LogP contribution is 2.24. The van der Waals surface area contributed by atoms with Gasteiger partial charge in [0.1, 0.15) is 5.75 Å². The predicted octanol–water partition coefficient (Wildman–Crippen LogP) is 2.43. The van der Waals surface area contributed by atoms with Crippen LogP contribution in [0.1, 0.15) is 22.3 Å². The van der Waals surface area contributed by atoms with Gasteiger partial charge < -0.3 is 9.64 Å². The van der Waals surface area contributed by atoms with Gasteiger partial charge in [0, 0.05) is 30.3 Å². The molecule has 3 rings (SSSR count). The molecule has 1 saturated heterocycles. The fraction of sp³-hybridized carbons (Fsp3) is 0.316. The van der Waals surface area contributed by atoms with E-state index in [-0.39, 0.29) is 35.2 Å². The van der Waals surface area contributed by atoms with Crippen LogP contribution < -0.4 is 4.74 Å². The van der Waals surface area contributed by atoms with E-state index in [2.05, 4.69) is 0 Å². The van der Waals surface area contributed by atoms with Crippen LogP contribution in [0.5, 0.6) is 5.75 Å². The Morgan fingerprint density at radius 3 is 2.54 bits per heavy atom. The lowest BCUT2D eigenvalue weighted by Crippen LogP contribution is -2.40. The van der Waals surface area contributed by atoms with Crippen molar-refractivity contribution in [2.45, 2.75) is 19.0 Å². The summed E-state index contributed by atoms with van der Waals surface area (Å²) in [6.45, 7) is 0.215. The van der Waals surface area contributed by atoms with E-state index in [4.69, 9.17) is 4.74 Å². The molecule has 28 heavy (non-hydrogen) atoms. The molecule has 9 heteroatoms. The standard InChI is InChI=1S/C19H20N2O6S/c1-27-18-4-2-3-14(11-18)12-20(17-9-10-28(25,26)13-17)19(22)15-5-7-16(8-6-15)21(23)24/h2-8,11,17H,9-10,12-13H2,1H3/t17-/m1/s1. The first kappa shape index (κ1) is 19.8. The molecule has 0 aliphatic carbocycles. The Labute approximate surface area is 162 Å². The maximum Gasteiger partial charge on any atom is 0.269 e. The molecule has 0 bridgehead atoms. The van der Waals surface area contributed by atoms with Crippen molar-refractivity contribution in [3.05, 3.63) is 69.8 Å². The minimum Gasteiger partial charge on any atom is -0.497 e. The molecule has 0 aromatic heterocycles. The Bertz CT molecular complexity index is 988. The van der Waals surface area contributed by atoms with Gasteiger partial charge in [-0.3, -0.25) is 14.9 Å². The zero-order valence-corrected chi connectivity index (χ0v) is 16.1. The Morgan fingerprint density at radius 1 is 1.25 bits per heavy atom. The van der Waals surface area contributed by atoms with E-state index in [0.717, 1.165) is 5.56 Å². The summed E-state index contributed by atoms with van der Waals surface area (Å²) < 4.78 is 29.1. The molecular weight excluding hydrogens is 384 g/mol. The molecular formula is C19H20N2O6S. The number of rotatable bonds is 6. The lowest BCUT2D eigenvalue weighted by Gasteiger charge is -2.28. The largest absolute Gasteiger partial charge is 0.497 e. The number of hydrogen-bond donors (Lipinski definition) is 0. The molecule has 1 aliphatic heterocycles. The first-order valence-corrected chi connectivity index (χ1v) is 10.5. The Hall–Kier alpha value is -2.94. The van der Waals surface area contributed by atoms with E-state index in [1.165, 1.54) is 29.2 Å². The number of nitro benzene ring substituents is 1. The summed E-state index contributed by atoms with van der Waals surface area (Å²) in [5.41, 5.74) is 0.969. The van der Waals surface area contributed by atoms with E-state index >= 15 is 0 Å². The molecule has 1 fully saturated rings. The zero-order chi connectivity index (χ0) is 20.3. The molecule has 1 atom stereocenters. The SMILES string of the molecule is COc1cccc(CN(C(=O)c2ccc([N+](=O)[O-])cc2)[C@@H]2CCS(=O)(=O)C2)c1. The van der Waals surface area contributed by atoms with E-state index < -0.39 is 20.8 Å². The zero-order valence-electron chi connectivity index (χ0n) is 15.3. The minimum absolute atomic E-state index is 0.0415. The number of amides is 1. The van der Waals surface area contributed by atoms with Crippen molar-refractivity contribution >= 4 is 21.4 Å². The summed E-state index contributed by atoms with van der Waals surface area (Å²) in [5.74, 6) is 0.231. The number of nitro groups is 1. The summed E-state index contributed by atoms with van der Waals surface area (Å²) in [6, 6.07) is 12.1. The van der Waals surface area contributed by atoms with Crippen LogP contribution in [-0.4, -0.2) is 48.8 Å². The minimum atomic E-state index is -3.19. The van der Waals surface area contributed by atoms with Crippen LogP contribution >= 0.6 is 0 Å². The van der Waals surface area contributed by atoms with Crippen LogP contribution in [0.2, 0.25) is 0 Å². The van der Waals surface area contributed by atoms with E-state index in [1.54, 1.807) is 25.3 Å². The normalized spacial score (nSPS) is 17.8. The number of sulfone groups is 1. The van der Waals surface area contributed by atoms with Crippen molar-refractivity contribution in [2.24, 2.45) is 0 Å². The molecule has 148 valence electrons. The van der Waals surface area contributed by atoms with Crippen molar-refractivity contribution in [1.82, 2.24) is 4.90 Å². The fourth-order valence-corrected chi connectivity index (χ4v) is 4.98. The summed E-state index contributed by atoms with van der Waals surface area (Å²) in [6.07, 6.45) is 0.366. The average Bonchev–Trinajstić information content (AvgIpc) is 3.05. The number of hydrogen-bond acceptors (Lipinski definition) is 6. The second-order valence-electron chi connectivity index (χ2n) is 6.65. The number of nitrogens with zero attached hydrogens (tertiary/aromatic N) is 2. The van der Waals surface area contributed by atoms with Gasteiger partial charge in [-0.2, -0.15) is 0 Å². The molecule has 0 N–H and O–H groups in total. The van der Waals surface area contributed by atoms with Gasteiger partial charge in [-0.1, -0.05) is 12.1 Å². The molecule has 0 radical (unpaired) electrons. The van der Waals surface area contributed by atoms with Crippen LogP contribution in [0.4, 0.5) is 5.69 Å². The van der Waals surface area contributed by atoms with E-state index in [9.17, 15) is 23.3 Å². The van der Waals surface area contributed by atoms with Gasteiger partial charge in [0.2, 0.25) is 0 Å². The second-order valence-corrected chi connectivity index (χ2v) is 8.87. The van der Waals surface area contributed by atoms with Crippen LogP contribution in [0.3, 0.4) is 0 Å².